The van der Waals surface area contributed by atoms with Crippen molar-refractivity contribution in [2.75, 3.05) is 0 Å². The van der Waals surface area contributed by atoms with Gasteiger partial charge >= 0.3 is 5.97 Å². The van der Waals surface area contributed by atoms with Crippen LogP contribution in [0.1, 0.15) is 94.1 Å². The van der Waals surface area contributed by atoms with Gasteiger partial charge < -0.3 is 25.4 Å². The third-order valence-corrected chi connectivity index (χ3v) is 9.20. The Kier molecular flexibility index (Phi) is 6.13. The van der Waals surface area contributed by atoms with E-state index in [-0.39, 0.29) is 24.0 Å². The van der Waals surface area contributed by atoms with Crippen molar-refractivity contribution in [1.82, 2.24) is 20.3 Å². The van der Waals surface area contributed by atoms with Crippen LogP contribution in [0.4, 0.5) is 0 Å². The molecule has 40 heavy (non-hydrogen) atoms. The number of carboxylic acids is 1. The Morgan fingerprint density at radius 3 is 2.45 bits per heavy atom. The lowest BCUT2D eigenvalue weighted by Gasteiger charge is -2.16. The van der Waals surface area contributed by atoms with Crippen LogP contribution < -0.4 is 16.0 Å². The standard InChI is InChI=1S/C33H36N4O3/c1-7-19-15(3)23-12-25-17(5)21(9-10-30(39)40)32(36-25)22-11-29(38)31-18(6)26(37-33(22)31)14-28-20(8-2)16(4)24(35-28)13-27(19)34-23/h7,12-14,17,21,34-37H,1,8-11H2,2-6H3,(H,39,40)/b24-13-,25-12-,28-14-,32-22-/t17-,21-/m0/s1. The summed E-state index contributed by atoms with van der Waals surface area (Å²) in [5.41, 5.74) is 13.0. The molecule has 7 nitrogen and oxygen atoms in total. The molecule has 3 aliphatic rings. The number of hydrogen-bond donors (Lipinski definition) is 5. The highest BCUT2D eigenvalue weighted by Gasteiger charge is 2.39. The second-order valence-corrected chi connectivity index (χ2v) is 11.4. The van der Waals surface area contributed by atoms with Gasteiger partial charge in [-0.3, -0.25) is 9.59 Å². The molecule has 0 unspecified atom stereocenters. The molecule has 5 N–H and O–H groups in total. The van der Waals surface area contributed by atoms with Gasteiger partial charge in [0.2, 0.25) is 0 Å². The average Bonchev–Trinajstić information content (AvgIpc) is 3.65. The molecule has 2 aliphatic heterocycles. The Labute approximate surface area is 233 Å². The van der Waals surface area contributed by atoms with Crippen molar-refractivity contribution in [3.05, 3.63) is 84.8 Å². The number of carbonyl (C=O) groups is 2. The molecule has 0 spiro atoms. The maximum Gasteiger partial charge on any atom is 0.303 e. The SMILES string of the molecule is C=Cc1c2[nH]c(c1C)/C=C1\N/C(=C3/CC(=O)c4c3[nH]c(c4C)/C=c3\[nH]/c(c(C)c3CC)=C\2)[C@@H](CCC(=O)O)[C@@H]1C. The highest BCUT2D eigenvalue weighted by molar-refractivity contribution is 6.13. The van der Waals surface area contributed by atoms with E-state index in [0.29, 0.717) is 12.8 Å². The highest BCUT2D eigenvalue weighted by atomic mass is 16.4. The van der Waals surface area contributed by atoms with Crippen LogP contribution >= 0.6 is 0 Å². The monoisotopic (exact) mass is 536 g/mol. The molecule has 0 aromatic carbocycles. The summed E-state index contributed by atoms with van der Waals surface area (Å²) in [4.78, 5) is 35.8. The van der Waals surface area contributed by atoms with Crippen LogP contribution in [0.25, 0.3) is 29.9 Å². The number of H-pyrrole nitrogens is 3. The molecule has 0 saturated carbocycles. The molecule has 3 aromatic heterocycles. The number of allylic oxidation sites excluding steroid dienone is 3. The minimum Gasteiger partial charge on any atom is -0.481 e. The number of rotatable bonds is 5. The predicted molar refractivity (Wildman–Crippen MR) is 159 cm³/mol. The summed E-state index contributed by atoms with van der Waals surface area (Å²) in [7, 11) is 0. The van der Waals surface area contributed by atoms with Crippen LogP contribution in [0.3, 0.4) is 0 Å². The first kappa shape index (κ1) is 26.0. The number of Topliss-reactive ketones (excluding diaryl/α,β-unsaturated/α-hetero) is 1. The van der Waals surface area contributed by atoms with E-state index in [0.717, 1.165) is 79.1 Å². The van der Waals surface area contributed by atoms with E-state index in [2.05, 4.69) is 72.8 Å². The summed E-state index contributed by atoms with van der Waals surface area (Å²) >= 11 is 0. The lowest BCUT2D eigenvalue weighted by atomic mass is 9.86. The number of hydrogen-bond acceptors (Lipinski definition) is 3. The molecule has 1 saturated heterocycles. The molecule has 2 atom stereocenters. The van der Waals surface area contributed by atoms with Crippen molar-refractivity contribution in [3.63, 3.8) is 0 Å². The van der Waals surface area contributed by atoms with E-state index in [9.17, 15) is 14.7 Å². The van der Waals surface area contributed by atoms with E-state index < -0.39 is 5.97 Å². The lowest BCUT2D eigenvalue weighted by Crippen LogP contribution is -2.13. The molecule has 5 heterocycles. The van der Waals surface area contributed by atoms with Crippen molar-refractivity contribution < 1.29 is 14.7 Å². The van der Waals surface area contributed by atoms with Gasteiger partial charge in [0, 0.05) is 80.6 Å². The Bertz CT molecular complexity index is 1800. The first-order valence-electron chi connectivity index (χ1n) is 14.1. The van der Waals surface area contributed by atoms with Crippen molar-refractivity contribution >= 4 is 41.6 Å². The number of aromatic amines is 3. The van der Waals surface area contributed by atoms with Gasteiger partial charge in [-0.15, -0.1) is 0 Å². The largest absolute Gasteiger partial charge is 0.481 e. The van der Waals surface area contributed by atoms with Crippen LogP contribution in [-0.4, -0.2) is 31.8 Å². The van der Waals surface area contributed by atoms with Crippen molar-refractivity contribution in [2.24, 2.45) is 11.8 Å². The molecule has 206 valence electrons. The van der Waals surface area contributed by atoms with E-state index >= 15 is 0 Å². The molecular formula is C33H36N4O3. The van der Waals surface area contributed by atoms with E-state index in [1.54, 1.807) is 0 Å². The van der Waals surface area contributed by atoms with Gasteiger partial charge in [-0.05, 0) is 74.1 Å². The van der Waals surface area contributed by atoms with Gasteiger partial charge in [0.1, 0.15) is 0 Å². The second kappa shape index (κ2) is 9.44. The Balaban J connectivity index is 1.69. The fourth-order valence-corrected chi connectivity index (χ4v) is 6.89. The first-order chi connectivity index (χ1) is 19.1. The number of carbonyl (C=O) groups excluding carboxylic acids is 1. The number of aromatic nitrogens is 3. The number of nitrogens with one attached hydrogen (secondary N) is 4. The number of fused-ring (bicyclic) bond motifs is 7. The zero-order chi connectivity index (χ0) is 28.5. The van der Waals surface area contributed by atoms with Crippen LogP contribution in [0.5, 0.6) is 0 Å². The molecular weight excluding hydrogens is 500 g/mol. The second-order valence-electron chi connectivity index (χ2n) is 11.4. The summed E-state index contributed by atoms with van der Waals surface area (Å²) in [6.07, 6.45) is 10.0. The van der Waals surface area contributed by atoms with Gasteiger partial charge in [-0.2, -0.15) is 0 Å². The zero-order valence-electron chi connectivity index (χ0n) is 23.8. The number of carboxylic acid groups (broad SMARTS) is 1. The molecule has 7 heteroatoms. The van der Waals surface area contributed by atoms with Crippen molar-refractivity contribution in [1.29, 1.82) is 0 Å². The van der Waals surface area contributed by atoms with E-state index in [4.69, 9.17) is 0 Å². The molecule has 0 radical (unpaired) electrons. The Hall–Kier alpha value is -4.26. The molecule has 0 amide bonds. The fraction of sp³-hybridized carbons (Fsp3) is 0.333. The van der Waals surface area contributed by atoms with Crippen molar-refractivity contribution in [3.8, 4) is 0 Å². The number of aliphatic carboxylic acids is 1. The van der Waals surface area contributed by atoms with Gasteiger partial charge in [0.25, 0.3) is 0 Å². The maximum absolute atomic E-state index is 13.4. The summed E-state index contributed by atoms with van der Waals surface area (Å²) in [6.45, 7) is 14.6. The molecule has 1 fully saturated rings. The Morgan fingerprint density at radius 1 is 1.02 bits per heavy atom. The number of ketones is 1. The van der Waals surface area contributed by atoms with Crippen LogP contribution in [-0.2, 0) is 11.2 Å². The van der Waals surface area contributed by atoms with Crippen LogP contribution in [0.15, 0.2) is 18.0 Å². The predicted octanol–water partition coefficient (Wildman–Crippen LogP) is 4.83. The average molecular weight is 537 g/mol. The Morgan fingerprint density at radius 2 is 1.75 bits per heavy atom. The van der Waals surface area contributed by atoms with Crippen molar-refractivity contribution in [2.45, 2.75) is 60.3 Å². The highest BCUT2D eigenvalue weighted by Crippen LogP contribution is 2.45. The van der Waals surface area contributed by atoms with Gasteiger partial charge in [0.15, 0.2) is 5.78 Å². The fourth-order valence-electron chi connectivity index (χ4n) is 6.89. The van der Waals surface area contributed by atoms with Gasteiger partial charge in [-0.25, -0.2) is 0 Å². The minimum absolute atomic E-state index is 0.0390. The van der Waals surface area contributed by atoms with E-state index in [1.807, 2.05) is 13.0 Å². The molecule has 6 rings (SSSR count). The molecule has 8 bridgehead atoms. The maximum atomic E-state index is 13.4. The summed E-state index contributed by atoms with van der Waals surface area (Å²) in [6, 6.07) is 0. The normalized spacial score (nSPS) is 24.1. The summed E-state index contributed by atoms with van der Waals surface area (Å²) in [5, 5.41) is 15.2. The topological polar surface area (TPSA) is 114 Å². The third-order valence-electron chi connectivity index (χ3n) is 9.20. The quantitative estimate of drug-likeness (QED) is 0.321. The summed E-state index contributed by atoms with van der Waals surface area (Å²) in [5.74, 6) is -0.695. The van der Waals surface area contributed by atoms with Crippen LogP contribution in [0.2, 0.25) is 0 Å². The third kappa shape index (κ3) is 3.86. The minimum atomic E-state index is -0.814. The summed E-state index contributed by atoms with van der Waals surface area (Å²) < 4.78 is 0. The van der Waals surface area contributed by atoms with Gasteiger partial charge in [-0.1, -0.05) is 26.5 Å². The first-order valence-corrected chi connectivity index (χ1v) is 14.1. The molecule has 1 aliphatic carbocycles. The lowest BCUT2D eigenvalue weighted by molar-refractivity contribution is -0.137. The van der Waals surface area contributed by atoms with Crippen LogP contribution in [0, 0.1) is 32.6 Å². The van der Waals surface area contributed by atoms with Gasteiger partial charge in [0.05, 0.1) is 5.69 Å². The molecule has 3 aromatic rings. The smallest absolute Gasteiger partial charge is 0.303 e. The zero-order valence-corrected chi connectivity index (χ0v) is 23.8. The van der Waals surface area contributed by atoms with E-state index in [1.165, 1.54) is 11.1 Å².